The molecule has 0 atom stereocenters. The molecular formula is C48H31NO2. The number of benzene rings is 8. The molecule has 0 aliphatic rings. The van der Waals surface area contributed by atoms with Crippen LogP contribution < -0.4 is 4.90 Å². The second-order valence-electron chi connectivity index (χ2n) is 12.9. The first-order valence-electron chi connectivity index (χ1n) is 17.2. The van der Waals surface area contributed by atoms with Crippen molar-refractivity contribution in [2.24, 2.45) is 0 Å². The predicted octanol–water partition coefficient (Wildman–Crippen LogP) is 14.0. The Morgan fingerprint density at radius 1 is 0.275 bits per heavy atom. The largest absolute Gasteiger partial charge is 0.456 e. The van der Waals surface area contributed by atoms with Crippen LogP contribution in [0.4, 0.5) is 17.1 Å². The Morgan fingerprint density at radius 2 is 0.647 bits per heavy atom. The highest BCUT2D eigenvalue weighted by Crippen LogP contribution is 2.42. The normalized spacial score (nSPS) is 11.5. The molecule has 10 rings (SSSR count). The van der Waals surface area contributed by atoms with E-state index in [2.05, 4.69) is 169 Å². The minimum Gasteiger partial charge on any atom is -0.456 e. The van der Waals surface area contributed by atoms with Crippen molar-refractivity contribution < 1.29 is 8.83 Å². The molecule has 0 unspecified atom stereocenters. The Hall–Kier alpha value is -6.84. The number of anilines is 3. The SMILES string of the molecule is c1ccc(-c2ccc(N(c3ccc(-c4ccccc4)cc3)c3ccc(-c4ccc5oc6ccc7oc8ccccc8c7c6c5c4)cc3)cc2)cc1. The van der Waals surface area contributed by atoms with Gasteiger partial charge >= 0.3 is 0 Å². The van der Waals surface area contributed by atoms with E-state index < -0.39 is 0 Å². The highest BCUT2D eigenvalue weighted by molar-refractivity contribution is 6.26. The van der Waals surface area contributed by atoms with E-state index in [0.29, 0.717) is 0 Å². The summed E-state index contributed by atoms with van der Waals surface area (Å²) in [5, 5.41) is 4.38. The first-order valence-corrected chi connectivity index (χ1v) is 17.2. The molecule has 0 spiro atoms. The molecule has 0 aliphatic heterocycles. The van der Waals surface area contributed by atoms with Gasteiger partial charge in [-0.2, -0.15) is 0 Å². The second-order valence-corrected chi connectivity index (χ2v) is 12.9. The Balaban J connectivity index is 1.05. The van der Waals surface area contributed by atoms with Gasteiger partial charge in [0.05, 0.1) is 0 Å². The van der Waals surface area contributed by atoms with Crippen molar-refractivity contribution in [1.29, 1.82) is 0 Å². The molecule has 2 heterocycles. The molecule has 0 fully saturated rings. The smallest absolute Gasteiger partial charge is 0.136 e. The lowest BCUT2D eigenvalue weighted by molar-refractivity contribution is 0.663. The lowest BCUT2D eigenvalue weighted by Crippen LogP contribution is -2.09. The van der Waals surface area contributed by atoms with Gasteiger partial charge in [0, 0.05) is 38.6 Å². The summed E-state index contributed by atoms with van der Waals surface area (Å²) in [6, 6.07) is 66.3. The lowest BCUT2D eigenvalue weighted by atomic mass is 10.00. The van der Waals surface area contributed by atoms with Crippen LogP contribution >= 0.6 is 0 Å². The van der Waals surface area contributed by atoms with Crippen LogP contribution in [0.2, 0.25) is 0 Å². The molecule has 0 N–H and O–H groups in total. The average molecular weight is 654 g/mol. The van der Waals surface area contributed by atoms with Crippen molar-refractivity contribution in [1.82, 2.24) is 0 Å². The zero-order chi connectivity index (χ0) is 33.7. The van der Waals surface area contributed by atoms with Crippen LogP contribution in [0.1, 0.15) is 0 Å². The summed E-state index contributed by atoms with van der Waals surface area (Å²) < 4.78 is 12.6. The van der Waals surface area contributed by atoms with E-state index in [1.807, 2.05) is 24.3 Å². The van der Waals surface area contributed by atoms with Gasteiger partial charge in [-0.1, -0.05) is 121 Å². The molecule has 0 bridgehead atoms. The maximum atomic E-state index is 6.34. The zero-order valence-corrected chi connectivity index (χ0v) is 27.7. The van der Waals surface area contributed by atoms with Crippen molar-refractivity contribution in [3.63, 3.8) is 0 Å². The van der Waals surface area contributed by atoms with Crippen molar-refractivity contribution >= 4 is 60.9 Å². The Kier molecular flexibility index (Phi) is 6.81. The van der Waals surface area contributed by atoms with Gasteiger partial charge in [-0.05, 0) is 100 Å². The third-order valence-electron chi connectivity index (χ3n) is 9.90. The Morgan fingerprint density at radius 3 is 1.18 bits per heavy atom. The standard InChI is InChI=1S/C48H31NO2/c1-3-9-32(10-4-1)34-15-22-38(23-16-34)49(39-24-17-35(18-25-39)33-11-5-2-6-12-33)40-26-19-36(20-27-40)37-21-28-44-42(31-37)48-46(51-44)30-29-45-47(48)41-13-7-8-14-43(41)50-45/h1-31H. The molecule has 3 heteroatoms. The summed E-state index contributed by atoms with van der Waals surface area (Å²) in [6.45, 7) is 0. The fourth-order valence-corrected chi connectivity index (χ4v) is 7.38. The quantitative estimate of drug-likeness (QED) is 0.179. The number of fused-ring (bicyclic) bond motifs is 7. The molecule has 8 aromatic carbocycles. The second kappa shape index (κ2) is 11.9. The minimum atomic E-state index is 0.865. The molecule has 0 saturated heterocycles. The number of para-hydroxylation sites is 1. The average Bonchev–Trinajstić information content (AvgIpc) is 3.77. The van der Waals surface area contributed by atoms with Gasteiger partial charge in [-0.25, -0.2) is 0 Å². The van der Waals surface area contributed by atoms with E-state index in [1.165, 1.54) is 22.3 Å². The fourth-order valence-electron chi connectivity index (χ4n) is 7.38. The number of hydrogen-bond acceptors (Lipinski definition) is 3. The van der Waals surface area contributed by atoms with Crippen LogP contribution in [-0.2, 0) is 0 Å². The van der Waals surface area contributed by atoms with Gasteiger partial charge in [0.25, 0.3) is 0 Å². The summed E-state index contributed by atoms with van der Waals surface area (Å²) >= 11 is 0. The van der Waals surface area contributed by atoms with E-state index in [1.54, 1.807) is 0 Å². The lowest BCUT2D eigenvalue weighted by Gasteiger charge is -2.26. The maximum Gasteiger partial charge on any atom is 0.136 e. The van der Waals surface area contributed by atoms with Gasteiger partial charge < -0.3 is 13.7 Å². The molecular weight excluding hydrogens is 623 g/mol. The van der Waals surface area contributed by atoms with Gasteiger partial charge in [0.15, 0.2) is 0 Å². The highest BCUT2D eigenvalue weighted by atomic mass is 16.3. The van der Waals surface area contributed by atoms with Crippen molar-refractivity contribution in [3.8, 4) is 33.4 Å². The highest BCUT2D eigenvalue weighted by Gasteiger charge is 2.18. The topological polar surface area (TPSA) is 29.5 Å². The third kappa shape index (κ3) is 5.06. The van der Waals surface area contributed by atoms with E-state index in [0.717, 1.165) is 72.1 Å². The van der Waals surface area contributed by atoms with Crippen LogP contribution in [0.3, 0.4) is 0 Å². The van der Waals surface area contributed by atoms with Crippen LogP contribution in [0.15, 0.2) is 197 Å². The van der Waals surface area contributed by atoms with Crippen molar-refractivity contribution in [2.75, 3.05) is 4.90 Å². The fraction of sp³-hybridized carbons (Fsp3) is 0. The van der Waals surface area contributed by atoms with Gasteiger partial charge in [-0.3, -0.25) is 0 Å². The van der Waals surface area contributed by atoms with Gasteiger partial charge in [0.2, 0.25) is 0 Å². The van der Waals surface area contributed by atoms with Crippen LogP contribution in [-0.4, -0.2) is 0 Å². The van der Waals surface area contributed by atoms with E-state index in [4.69, 9.17) is 8.83 Å². The zero-order valence-electron chi connectivity index (χ0n) is 27.7. The molecule has 3 nitrogen and oxygen atoms in total. The van der Waals surface area contributed by atoms with Crippen LogP contribution in [0, 0.1) is 0 Å². The van der Waals surface area contributed by atoms with E-state index >= 15 is 0 Å². The molecule has 0 amide bonds. The predicted molar refractivity (Wildman–Crippen MR) is 212 cm³/mol. The summed E-state index contributed by atoms with van der Waals surface area (Å²) in [4.78, 5) is 2.32. The number of rotatable bonds is 6. The summed E-state index contributed by atoms with van der Waals surface area (Å²) in [5.41, 5.74) is 13.8. The molecule has 0 aliphatic carbocycles. The maximum absolute atomic E-state index is 6.34. The van der Waals surface area contributed by atoms with Crippen LogP contribution in [0.5, 0.6) is 0 Å². The van der Waals surface area contributed by atoms with Gasteiger partial charge in [-0.15, -0.1) is 0 Å². The van der Waals surface area contributed by atoms with Crippen LogP contribution in [0.25, 0.3) is 77.3 Å². The summed E-state index contributed by atoms with van der Waals surface area (Å²) in [5.74, 6) is 0. The molecule has 10 aromatic rings. The molecule has 0 saturated carbocycles. The Bertz CT molecular complexity index is 2730. The van der Waals surface area contributed by atoms with Gasteiger partial charge in [0.1, 0.15) is 22.3 Å². The van der Waals surface area contributed by atoms with Crippen molar-refractivity contribution in [3.05, 3.63) is 188 Å². The first-order chi connectivity index (χ1) is 25.3. The monoisotopic (exact) mass is 653 g/mol. The molecule has 240 valence electrons. The number of hydrogen-bond donors (Lipinski definition) is 0. The van der Waals surface area contributed by atoms with E-state index in [9.17, 15) is 0 Å². The molecule has 0 radical (unpaired) electrons. The molecule has 51 heavy (non-hydrogen) atoms. The number of furan rings is 2. The van der Waals surface area contributed by atoms with E-state index in [-0.39, 0.29) is 0 Å². The Labute approximate surface area is 295 Å². The summed E-state index contributed by atoms with van der Waals surface area (Å²) in [6.07, 6.45) is 0. The third-order valence-corrected chi connectivity index (χ3v) is 9.90. The minimum absolute atomic E-state index is 0.865. The molecule has 2 aromatic heterocycles. The number of nitrogens with zero attached hydrogens (tertiary/aromatic N) is 1. The summed E-state index contributed by atoms with van der Waals surface area (Å²) in [7, 11) is 0. The first kappa shape index (κ1) is 29.1. The van der Waals surface area contributed by atoms with Crippen molar-refractivity contribution in [2.45, 2.75) is 0 Å².